The maximum Gasteiger partial charge on any atom is 0.497 e. The average Bonchev–Trinajstić information content (AvgIpc) is 3.55. The van der Waals surface area contributed by atoms with Gasteiger partial charge in [-0.3, -0.25) is 4.79 Å². The van der Waals surface area contributed by atoms with Gasteiger partial charge in [-0.25, -0.2) is 4.39 Å². The minimum Gasteiger partial charge on any atom is -0.440 e. The van der Waals surface area contributed by atoms with Crippen LogP contribution >= 0.6 is 11.6 Å². The second kappa shape index (κ2) is 11.8. The summed E-state index contributed by atoms with van der Waals surface area (Å²) in [6.07, 6.45) is 0. The van der Waals surface area contributed by atoms with Gasteiger partial charge in [0.2, 0.25) is 5.88 Å². The molecule has 0 N–H and O–H groups in total. The van der Waals surface area contributed by atoms with E-state index >= 15 is 0 Å². The third-order valence-corrected chi connectivity index (χ3v) is 10.4. The van der Waals surface area contributed by atoms with Crippen molar-refractivity contribution in [3.63, 3.8) is 0 Å². The van der Waals surface area contributed by atoms with Crippen LogP contribution in [-0.4, -0.2) is 18.3 Å². The van der Waals surface area contributed by atoms with E-state index in [9.17, 15) is 9.18 Å². The molecule has 246 valence electrons. The number of halogens is 2. The summed E-state index contributed by atoms with van der Waals surface area (Å²) >= 11 is 6.63. The molecule has 48 heavy (non-hydrogen) atoms. The summed E-state index contributed by atoms with van der Waals surface area (Å²) in [6.45, 7) is 15.0. The topological polar surface area (TPSA) is 55.2 Å². The van der Waals surface area contributed by atoms with Crippen LogP contribution in [0, 0.1) is 19.7 Å². The predicted octanol–water partition coefficient (Wildman–Crippen LogP) is 8.92. The lowest BCUT2D eigenvalue weighted by atomic mass is 9.77. The molecule has 4 aromatic carbocycles. The van der Waals surface area contributed by atoms with Gasteiger partial charge in [-0.15, -0.1) is 0 Å². The van der Waals surface area contributed by atoms with Crippen molar-refractivity contribution >= 4 is 52.4 Å². The molecule has 1 atom stereocenters. The largest absolute Gasteiger partial charge is 0.497 e. The number of hydrogen-bond donors (Lipinski definition) is 0. The van der Waals surface area contributed by atoms with Crippen LogP contribution in [0.4, 0.5) is 21.6 Å². The number of fused-ring (bicyclic) bond motifs is 2. The summed E-state index contributed by atoms with van der Waals surface area (Å²) in [4.78, 5) is 18.3. The fraction of sp³-hybridized carbons (Fsp3) is 0.308. The summed E-state index contributed by atoms with van der Waals surface area (Å²) in [5.74, 6) is 0.221. The summed E-state index contributed by atoms with van der Waals surface area (Å²) < 4.78 is 34.0. The molecule has 2 aliphatic rings. The SMILES string of the molecule is Cc1cc([C@@H](C)N(c2ccccc2)c2ccc(Cl)cc2B2OC(C)(C)C(C)(C)O2)c2oc(N3Cc4ccc(F)cc4C3)c(C)c(=O)c2c1. The third-order valence-electron chi connectivity index (χ3n) is 10.2. The minimum atomic E-state index is -0.662. The van der Waals surface area contributed by atoms with E-state index in [0.29, 0.717) is 40.5 Å². The van der Waals surface area contributed by atoms with Crippen molar-refractivity contribution in [3.05, 3.63) is 128 Å². The lowest BCUT2D eigenvalue weighted by molar-refractivity contribution is 0.00578. The molecule has 1 fully saturated rings. The van der Waals surface area contributed by atoms with Crippen molar-refractivity contribution in [1.82, 2.24) is 0 Å². The second-order valence-electron chi connectivity index (χ2n) is 14.0. The van der Waals surface area contributed by atoms with Crippen LogP contribution in [-0.2, 0) is 22.4 Å². The Balaban J connectivity index is 1.40. The number of nitrogens with zero attached hydrogens (tertiary/aromatic N) is 2. The van der Waals surface area contributed by atoms with Crippen molar-refractivity contribution in [2.45, 2.75) is 78.8 Å². The smallest absolute Gasteiger partial charge is 0.440 e. The molecule has 0 aliphatic carbocycles. The first kappa shape index (κ1) is 32.4. The van der Waals surface area contributed by atoms with E-state index < -0.39 is 18.3 Å². The molecule has 5 aromatic rings. The van der Waals surface area contributed by atoms with Crippen molar-refractivity contribution in [3.8, 4) is 0 Å². The zero-order valence-electron chi connectivity index (χ0n) is 28.4. The Morgan fingerprint density at radius 1 is 0.896 bits per heavy atom. The number of rotatable bonds is 6. The van der Waals surface area contributed by atoms with Gasteiger partial charge in [-0.05, 0) is 114 Å². The van der Waals surface area contributed by atoms with Crippen LogP contribution in [0.25, 0.3) is 11.0 Å². The highest BCUT2D eigenvalue weighted by Crippen LogP contribution is 2.42. The van der Waals surface area contributed by atoms with Crippen LogP contribution < -0.4 is 20.7 Å². The van der Waals surface area contributed by atoms with Gasteiger partial charge in [-0.2, -0.15) is 0 Å². The second-order valence-corrected chi connectivity index (χ2v) is 14.5. The molecule has 6 nitrogen and oxygen atoms in total. The molecule has 9 heteroatoms. The summed E-state index contributed by atoms with van der Waals surface area (Å²) in [5.41, 5.74) is 6.17. The number of hydrogen-bond acceptors (Lipinski definition) is 6. The Labute approximate surface area is 286 Å². The van der Waals surface area contributed by atoms with E-state index in [0.717, 1.165) is 39.1 Å². The lowest BCUT2D eigenvalue weighted by Crippen LogP contribution is -2.41. The maximum absolute atomic E-state index is 14.1. The molecule has 1 saturated heterocycles. The van der Waals surface area contributed by atoms with Gasteiger partial charge in [-0.1, -0.05) is 41.9 Å². The molecule has 0 radical (unpaired) electrons. The summed E-state index contributed by atoms with van der Waals surface area (Å²) in [6, 6.07) is 24.4. The molecule has 0 bridgehead atoms. The third kappa shape index (κ3) is 5.50. The zero-order chi connectivity index (χ0) is 34.1. The quantitative estimate of drug-likeness (QED) is 0.169. The molecule has 0 saturated carbocycles. The van der Waals surface area contributed by atoms with E-state index in [4.69, 9.17) is 25.3 Å². The van der Waals surface area contributed by atoms with Gasteiger partial charge in [0.25, 0.3) is 0 Å². The van der Waals surface area contributed by atoms with E-state index in [1.807, 2.05) is 82.0 Å². The maximum atomic E-state index is 14.1. The summed E-state index contributed by atoms with van der Waals surface area (Å²) in [7, 11) is -0.662. The van der Waals surface area contributed by atoms with E-state index in [2.05, 4.69) is 30.0 Å². The highest BCUT2D eigenvalue weighted by molar-refractivity contribution is 6.64. The van der Waals surface area contributed by atoms with E-state index in [-0.39, 0.29) is 17.3 Å². The lowest BCUT2D eigenvalue weighted by Gasteiger charge is -2.34. The van der Waals surface area contributed by atoms with Crippen molar-refractivity contribution < 1.29 is 18.1 Å². The first-order valence-electron chi connectivity index (χ1n) is 16.3. The van der Waals surface area contributed by atoms with Crippen molar-refractivity contribution in [2.24, 2.45) is 0 Å². The Morgan fingerprint density at radius 2 is 1.58 bits per heavy atom. The number of para-hydroxylation sites is 1. The van der Waals surface area contributed by atoms with Gasteiger partial charge < -0.3 is 23.5 Å². The average molecular weight is 665 g/mol. The molecule has 0 spiro atoms. The van der Waals surface area contributed by atoms with Gasteiger partial charge in [0.1, 0.15) is 11.4 Å². The fourth-order valence-electron chi connectivity index (χ4n) is 6.88. The Bertz CT molecular complexity index is 2100. The van der Waals surface area contributed by atoms with Gasteiger partial charge >= 0.3 is 7.12 Å². The van der Waals surface area contributed by atoms with Crippen LogP contribution in [0.5, 0.6) is 0 Å². The first-order valence-corrected chi connectivity index (χ1v) is 16.7. The van der Waals surface area contributed by atoms with Gasteiger partial charge in [0.15, 0.2) is 5.43 Å². The molecule has 3 heterocycles. The molecule has 2 aliphatic heterocycles. The van der Waals surface area contributed by atoms with Crippen molar-refractivity contribution in [1.29, 1.82) is 0 Å². The number of anilines is 3. The molecular formula is C39H39BClFN2O4. The first-order chi connectivity index (χ1) is 22.7. The number of aryl methyl sites for hydroxylation is 1. The van der Waals surface area contributed by atoms with Crippen LogP contribution in [0.3, 0.4) is 0 Å². The van der Waals surface area contributed by atoms with Gasteiger partial charge in [0, 0.05) is 40.5 Å². The Morgan fingerprint density at radius 3 is 2.29 bits per heavy atom. The monoisotopic (exact) mass is 664 g/mol. The van der Waals surface area contributed by atoms with Gasteiger partial charge in [0.05, 0.1) is 28.2 Å². The molecule has 1 aromatic heterocycles. The molecule has 7 rings (SSSR count). The van der Waals surface area contributed by atoms with Crippen molar-refractivity contribution in [2.75, 3.05) is 9.80 Å². The highest BCUT2D eigenvalue weighted by Gasteiger charge is 2.52. The predicted molar refractivity (Wildman–Crippen MR) is 192 cm³/mol. The van der Waals surface area contributed by atoms with Crippen LogP contribution in [0.15, 0.2) is 88.1 Å². The molecule has 0 amide bonds. The van der Waals surface area contributed by atoms with E-state index in [1.54, 1.807) is 19.1 Å². The highest BCUT2D eigenvalue weighted by atomic mass is 35.5. The van der Waals surface area contributed by atoms with E-state index in [1.165, 1.54) is 6.07 Å². The Hall–Kier alpha value is -4.11. The zero-order valence-corrected chi connectivity index (χ0v) is 29.1. The Kier molecular flexibility index (Phi) is 7.97. The number of benzene rings is 4. The fourth-order valence-corrected chi connectivity index (χ4v) is 7.06. The normalized spacial score (nSPS) is 17.2. The minimum absolute atomic E-state index is 0.0822. The molecule has 0 unspecified atom stereocenters. The standard InChI is InChI=1S/C39H39BClFN2O4/c1-23-17-31(36-32(18-23)35(45)24(2)37(46-36)43-21-26-13-15-29(42)19-27(26)22-43)25(3)44(30-11-9-8-10-12-30)34-16-14-28(41)20-33(34)40-47-38(4,5)39(6,7)48-40/h8-20,25H,21-22H2,1-7H3/t25-/m1/s1. The summed E-state index contributed by atoms with van der Waals surface area (Å²) in [5, 5.41) is 1.10. The molecular weight excluding hydrogens is 626 g/mol. The van der Waals surface area contributed by atoms with Crippen LogP contribution in [0.2, 0.25) is 5.02 Å². The van der Waals surface area contributed by atoms with Crippen LogP contribution in [0.1, 0.15) is 68.5 Å².